The van der Waals surface area contributed by atoms with Gasteiger partial charge in [0.05, 0.1) is 4.90 Å². The number of benzene rings is 1. The molecule has 0 radical (unpaired) electrons. The Hall–Kier alpha value is -2.19. The van der Waals surface area contributed by atoms with Crippen molar-refractivity contribution in [1.82, 2.24) is 9.62 Å². The predicted octanol–water partition coefficient (Wildman–Crippen LogP) is 1.74. The summed E-state index contributed by atoms with van der Waals surface area (Å²) >= 11 is 0. The number of hydrogen-bond donors (Lipinski definition) is 2. The molecule has 4 rings (SSSR count). The normalized spacial score (nSPS) is 27.2. The van der Waals surface area contributed by atoms with Crippen molar-refractivity contribution < 1.29 is 18.0 Å². The molecule has 3 aliphatic rings. The van der Waals surface area contributed by atoms with Crippen molar-refractivity contribution in [3.63, 3.8) is 0 Å². The fourth-order valence-electron chi connectivity index (χ4n) is 4.28. The van der Waals surface area contributed by atoms with Crippen LogP contribution >= 0.6 is 0 Å². The number of nitrogens with zero attached hydrogens (tertiary/aromatic N) is 1. The van der Waals surface area contributed by atoms with Crippen LogP contribution in [-0.2, 0) is 19.6 Å². The van der Waals surface area contributed by atoms with Gasteiger partial charge >= 0.3 is 0 Å². The van der Waals surface area contributed by atoms with Gasteiger partial charge in [0.15, 0.2) is 0 Å². The third-order valence-corrected chi connectivity index (χ3v) is 7.80. The van der Waals surface area contributed by atoms with Crippen molar-refractivity contribution in [1.29, 1.82) is 0 Å². The van der Waals surface area contributed by atoms with Crippen molar-refractivity contribution in [2.45, 2.75) is 36.6 Å². The van der Waals surface area contributed by atoms with Crippen LogP contribution in [0.1, 0.15) is 25.7 Å². The molecule has 2 unspecified atom stereocenters. The molecule has 0 spiro atoms. The quantitative estimate of drug-likeness (QED) is 0.707. The third-order valence-electron chi connectivity index (χ3n) is 5.96. The van der Waals surface area contributed by atoms with Crippen molar-refractivity contribution in [3.05, 3.63) is 36.9 Å². The summed E-state index contributed by atoms with van der Waals surface area (Å²) in [4.78, 5) is 23.5. The smallest absolute Gasteiger partial charge is 0.243 e. The number of rotatable bonds is 6. The average Bonchev–Trinajstić information content (AvgIpc) is 3.34. The van der Waals surface area contributed by atoms with Crippen LogP contribution in [0.25, 0.3) is 0 Å². The monoisotopic (exact) mass is 403 g/mol. The van der Waals surface area contributed by atoms with Gasteiger partial charge in [0.25, 0.3) is 0 Å². The summed E-state index contributed by atoms with van der Waals surface area (Å²) in [6.07, 6.45) is 4.70. The van der Waals surface area contributed by atoms with E-state index in [-0.39, 0.29) is 40.5 Å². The Kier molecular flexibility index (Phi) is 5.01. The Balaban J connectivity index is 1.37. The molecule has 7 nitrogen and oxygen atoms in total. The van der Waals surface area contributed by atoms with Crippen molar-refractivity contribution in [2.24, 2.45) is 17.8 Å². The third kappa shape index (κ3) is 3.84. The van der Waals surface area contributed by atoms with E-state index in [0.29, 0.717) is 18.8 Å². The molecule has 2 aliphatic carbocycles. The van der Waals surface area contributed by atoms with E-state index < -0.39 is 10.0 Å². The lowest BCUT2D eigenvalue weighted by Gasteiger charge is -2.19. The fourth-order valence-corrected chi connectivity index (χ4v) is 5.83. The highest BCUT2D eigenvalue weighted by Gasteiger charge is 2.45. The molecule has 150 valence electrons. The van der Waals surface area contributed by atoms with Gasteiger partial charge in [-0.15, -0.1) is 0 Å². The highest BCUT2D eigenvalue weighted by molar-refractivity contribution is 7.89. The van der Waals surface area contributed by atoms with E-state index in [2.05, 4.69) is 17.2 Å². The minimum atomic E-state index is -3.56. The van der Waals surface area contributed by atoms with Gasteiger partial charge in [-0.1, -0.05) is 6.58 Å². The predicted molar refractivity (Wildman–Crippen MR) is 105 cm³/mol. The zero-order valence-electron chi connectivity index (χ0n) is 15.6. The van der Waals surface area contributed by atoms with E-state index in [4.69, 9.17) is 0 Å². The zero-order valence-corrected chi connectivity index (χ0v) is 16.5. The largest absolute Gasteiger partial charge is 0.350 e. The van der Waals surface area contributed by atoms with Gasteiger partial charge in [0.2, 0.25) is 21.8 Å². The topological polar surface area (TPSA) is 95.6 Å². The van der Waals surface area contributed by atoms with E-state index >= 15 is 0 Å². The second-order valence-corrected chi connectivity index (χ2v) is 9.95. The molecule has 1 saturated heterocycles. The molecule has 8 heteroatoms. The van der Waals surface area contributed by atoms with E-state index in [1.807, 2.05) is 0 Å². The summed E-state index contributed by atoms with van der Waals surface area (Å²) in [6, 6.07) is 6.49. The van der Waals surface area contributed by atoms with Crippen LogP contribution in [0.2, 0.25) is 0 Å². The molecule has 1 aliphatic heterocycles. The Morgan fingerprint density at radius 1 is 1.07 bits per heavy atom. The summed E-state index contributed by atoms with van der Waals surface area (Å²) in [7, 11) is -3.56. The Morgan fingerprint density at radius 2 is 1.68 bits per heavy atom. The maximum Gasteiger partial charge on any atom is 0.243 e. The van der Waals surface area contributed by atoms with Crippen molar-refractivity contribution >= 4 is 27.5 Å². The SMILES string of the molecule is C=CC(=O)NC1CC2CN(S(=O)(=O)c3ccc(NC(=O)C4CC4)cc3)CC2C1. The van der Waals surface area contributed by atoms with E-state index in [1.54, 1.807) is 28.6 Å². The van der Waals surface area contributed by atoms with Crippen LogP contribution in [0, 0.1) is 17.8 Å². The van der Waals surface area contributed by atoms with Gasteiger partial charge in [-0.2, -0.15) is 4.31 Å². The average molecular weight is 404 g/mol. The molecule has 2 atom stereocenters. The lowest BCUT2D eigenvalue weighted by atomic mass is 10.0. The van der Waals surface area contributed by atoms with Crippen LogP contribution in [0.3, 0.4) is 0 Å². The summed E-state index contributed by atoms with van der Waals surface area (Å²) in [5, 5.41) is 5.74. The molecule has 2 amide bonds. The lowest BCUT2D eigenvalue weighted by Crippen LogP contribution is -2.35. The second kappa shape index (κ2) is 7.33. The second-order valence-electron chi connectivity index (χ2n) is 8.01. The van der Waals surface area contributed by atoms with Crippen LogP contribution < -0.4 is 10.6 Å². The van der Waals surface area contributed by atoms with E-state index in [1.165, 1.54) is 6.08 Å². The van der Waals surface area contributed by atoms with E-state index in [9.17, 15) is 18.0 Å². The summed E-state index contributed by atoms with van der Waals surface area (Å²) in [6.45, 7) is 4.42. The Morgan fingerprint density at radius 3 is 2.21 bits per heavy atom. The Labute approximate surface area is 165 Å². The molecule has 2 N–H and O–H groups in total. The molecular formula is C20H25N3O4S. The number of sulfonamides is 1. The van der Waals surface area contributed by atoms with Crippen molar-refractivity contribution in [3.8, 4) is 0 Å². The molecule has 28 heavy (non-hydrogen) atoms. The first-order valence-corrected chi connectivity index (χ1v) is 11.1. The van der Waals surface area contributed by atoms with Gasteiger partial charge < -0.3 is 10.6 Å². The van der Waals surface area contributed by atoms with Gasteiger partial charge in [-0.25, -0.2) is 8.42 Å². The number of carbonyl (C=O) groups excluding carboxylic acids is 2. The van der Waals surface area contributed by atoms with Gasteiger partial charge in [-0.3, -0.25) is 9.59 Å². The van der Waals surface area contributed by atoms with Gasteiger partial charge in [-0.05, 0) is 67.9 Å². The molecule has 2 saturated carbocycles. The zero-order chi connectivity index (χ0) is 19.9. The van der Waals surface area contributed by atoms with Gasteiger partial charge in [0, 0.05) is 30.7 Å². The first-order valence-electron chi connectivity index (χ1n) is 9.71. The first kappa shape index (κ1) is 19.1. The summed E-state index contributed by atoms with van der Waals surface area (Å²) in [5.74, 6) is 0.459. The maximum absolute atomic E-state index is 13.0. The number of fused-ring (bicyclic) bond motifs is 1. The summed E-state index contributed by atoms with van der Waals surface area (Å²) < 4.78 is 27.5. The highest BCUT2D eigenvalue weighted by atomic mass is 32.2. The molecule has 0 aromatic heterocycles. The van der Waals surface area contributed by atoms with E-state index in [0.717, 1.165) is 25.7 Å². The van der Waals surface area contributed by atoms with Crippen molar-refractivity contribution in [2.75, 3.05) is 18.4 Å². The molecule has 1 heterocycles. The van der Waals surface area contributed by atoms with Crippen LogP contribution in [0.5, 0.6) is 0 Å². The van der Waals surface area contributed by atoms with Crippen LogP contribution in [-0.4, -0.2) is 43.7 Å². The number of amides is 2. The highest BCUT2D eigenvalue weighted by Crippen LogP contribution is 2.40. The molecule has 3 fully saturated rings. The molecule has 1 aromatic carbocycles. The number of anilines is 1. The number of hydrogen-bond acceptors (Lipinski definition) is 4. The van der Waals surface area contributed by atoms with Crippen LogP contribution in [0.15, 0.2) is 41.8 Å². The van der Waals surface area contributed by atoms with Gasteiger partial charge in [0.1, 0.15) is 0 Å². The fraction of sp³-hybridized carbons (Fsp3) is 0.500. The van der Waals surface area contributed by atoms with Crippen LogP contribution in [0.4, 0.5) is 5.69 Å². The molecule has 1 aromatic rings. The lowest BCUT2D eigenvalue weighted by molar-refractivity contribution is -0.118. The minimum Gasteiger partial charge on any atom is -0.350 e. The first-order chi connectivity index (χ1) is 13.4. The Bertz CT molecular complexity index is 879. The minimum absolute atomic E-state index is 0.000995. The molecule has 0 bridgehead atoms. The summed E-state index contributed by atoms with van der Waals surface area (Å²) in [5.41, 5.74) is 0.620. The molecular weight excluding hydrogens is 378 g/mol. The maximum atomic E-state index is 13.0. The standard InChI is InChI=1S/C20H25N3O4S/c1-2-19(24)21-17-9-14-11-23(12-15(14)10-17)28(26,27)18-7-5-16(6-8-18)22-20(25)13-3-4-13/h2,5-8,13-15,17H,1,3-4,9-12H2,(H,21,24)(H,22,25). The number of carbonyl (C=O) groups is 2. The number of nitrogens with one attached hydrogen (secondary N) is 2.